The zero-order valence-corrected chi connectivity index (χ0v) is 16.0. The van der Waals surface area contributed by atoms with Crippen LogP contribution in [0.3, 0.4) is 0 Å². The summed E-state index contributed by atoms with van der Waals surface area (Å²) in [4.78, 5) is 20.7. The average molecular weight is 398 g/mol. The van der Waals surface area contributed by atoms with Crippen LogP contribution >= 0.6 is 0 Å². The Morgan fingerprint density at radius 1 is 0.931 bits per heavy atom. The van der Waals surface area contributed by atoms with E-state index in [1.165, 1.54) is 45.9 Å². The second-order valence-electron chi connectivity index (χ2n) is 5.79. The van der Waals surface area contributed by atoms with Crippen molar-refractivity contribution in [3.05, 3.63) is 60.3 Å². The van der Waals surface area contributed by atoms with Gasteiger partial charge in [0.05, 0.1) is 33.7 Å². The third kappa shape index (κ3) is 4.70. The van der Waals surface area contributed by atoms with Gasteiger partial charge in [0.25, 0.3) is 5.91 Å². The number of carbonyl (C=O) groups is 1. The summed E-state index contributed by atoms with van der Waals surface area (Å²) < 4.78 is 29.0. The average Bonchev–Trinajstić information content (AvgIpc) is 2.73. The number of anilines is 3. The summed E-state index contributed by atoms with van der Waals surface area (Å²) in [6.45, 7) is 0. The van der Waals surface area contributed by atoms with Crippen molar-refractivity contribution < 1.29 is 23.4 Å². The van der Waals surface area contributed by atoms with Gasteiger partial charge in [0.2, 0.25) is 5.75 Å². The van der Waals surface area contributed by atoms with Crippen molar-refractivity contribution in [2.45, 2.75) is 0 Å². The topological polar surface area (TPSA) is 94.6 Å². The van der Waals surface area contributed by atoms with Gasteiger partial charge in [0.15, 0.2) is 11.5 Å². The first-order valence-corrected chi connectivity index (χ1v) is 8.50. The highest BCUT2D eigenvalue weighted by atomic mass is 19.1. The van der Waals surface area contributed by atoms with E-state index in [2.05, 4.69) is 20.6 Å². The Morgan fingerprint density at radius 3 is 2.21 bits per heavy atom. The molecule has 0 radical (unpaired) electrons. The van der Waals surface area contributed by atoms with Gasteiger partial charge in [-0.25, -0.2) is 14.4 Å². The minimum atomic E-state index is -0.468. The van der Waals surface area contributed by atoms with Gasteiger partial charge in [-0.15, -0.1) is 0 Å². The molecule has 0 atom stereocenters. The summed E-state index contributed by atoms with van der Waals surface area (Å²) >= 11 is 0. The molecule has 2 N–H and O–H groups in total. The predicted molar refractivity (Wildman–Crippen MR) is 106 cm³/mol. The molecule has 0 saturated heterocycles. The minimum Gasteiger partial charge on any atom is -0.493 e. The summed E-state index contributed by atoms with van der Waals surface area (Å²) in [5, 5.41) is 5.62. The highest BCUT2D eigenvalue weighted by molar-refractivity contribution is 6.03. The number of amides is 1. The summed E-state index contributed by atoms with van der Waals surface area (Å²) in [5.41, 5.74) is 1.06. The van der Waals surface area contributed by atoms with Crippen molar-refractivity contribution in [2.24, 2.45) is 0 Å². The zero-order valence-electron chi connectivity index (χ0n) is 16.0. The summed E-state index contributed by atoms with van der Waals surface area (Å²) in [6.07, 6.45) is 2.70. The van der Waals surface area contributed by atoms with E-state index in [-0.39, 0.29) is 11.5 Å². The van der Waals surface area contributed by atoms with Crippen LogP contribution in [0.5, 0.6) is 17.2 Å². The second-order valence-corrected chi connectivity index (χ2v) is 5.79. The molecule has 8 nitrogen and oxygen atoms in total. The first kappa shape index (κ1) is 19.9. The number of halogens is 1. The molecule has 3 rings (SSSR count). The van der Waals surface area contributed by atoms with E-state index in [1.807, 2.05) is 0 Å². The largest absolute Gasteiger partial charge is 0.493 e. The van der Waals surface area contributed by atoms with Crippen LogP contribution in [0.1, 0.15) is 10.5 Å². The Bertz CT molecular complexity index is 987. The standard InChI is InChI=1S/C20H19FN4O4/c1-27-16-8-14(9-17(28-2)19(16)29-3)25-20(26)15-10-23-18(11-22-15)24-13-6-4-5-12(21)7-13/h4-11H,1-3H3,(H,23,24)(H,25,26). The van der Waals surface area contributed by atoms with E-state index in [0.29, 0.717) is 34.4 Å². The van der Waals surface area contributed by atoms with E-state index in [1.54, 1.807) is 24.3 Å². The summed E-state index contributed by atoms with van der Waals surface area (Å²) in [6, 6.07) is 9.14. The molecule has 150 valence electrons. The molecule has 0 bridgehead atoms. The fourth-order valence-corrected chi connectivity index (χ4v) is 2.57. The first-order valence-electron chi connectivity index (χ1n) is 8.50. The number of aromatic nitrogens is 2. The van der Waals surface area contributed by atoms with Crippen molar-refractivity contribution in [3.63, 3.8) is 0 Å². The van der Waals surface area contributed by atoms with Gasteiger partial charge in [-0.3, -0.25) is 4.79 Å². The third-order valence-corrected chi connectivity index (χ3v) is 3.90. The van der Waals surface area contributed by atoms with Gasteiger partial charge >= 0.3 is 0 Å². The van der Waals surface area contributed by atoms with Crippen LogP contribution in [0.4, 0.5) is 21.6 Å². The number of nitrogens with one attached hydrogen (secondary N) is 2. The molecule has 0 fully saturated rings. The SMILES string of the molecule is COc1cc(NC(=O)c2cnc(Nc3cccc(F)c3)cn2)cc(OC)c1OC. The zero-order chi connectivity index (χ0) is 20.8. The number of hydrogen-bond acceptors (Lipinski definition) is 7. The van der Waals surface area contributed by atoms with Gasteiger partial charge in [-0.1, -0.05) is 6.07 Å². The van der Waals surface area contributed by atoms with Gasteiger partial charge in [-0.05, 0) is 18.2 Å². The summed E-state index contributed by atoms with van der Waals surface area (Å²) in [7, 11) is 4.46. The van der Waals surface area contributed by atoms with E-state index in [9.17, 15) is 9.18 Å². The molecule has 1 heterocycles. The molecular formula is C20H19FN4O4. The molecule has 2 aromatic carbocycles. The second kappa shape index (κ2) is 8.87. The minimum absolute atomic E-state index is 0.101. The fourth-order valence-electron chi connectivity index (χ4n) is 2.57. The number of hydrogen-bond donors (Lipinski definition) is 2. The van der Waals surface area contributed by atoms with Gasteiger partial charge < -0.3 is 24.8 Å². The molecular weight excluding hydrogens is 379 g/mol. The molecule has 1 amide bonds. The number of rotatable bonds is 7. The van der Waals surface area contributed by atoms with Crippen molar-refractivity contribution in [1.29, 1.82) is 0 Å². The Hall–Kier alpha value is -3.88. The van der Waals surface area contributed by atoms with Crippen LogP contribution in [0.15, 0.2) is 48.8 Å². The van der Waals surface area contributed by atoms with Gasteiger partial charge in [0, 0.05) is 23.5 Å². The van der Waals surface area contributed by atoms with Gasteiger partial charge in [-0.2, -0.15) is 0 Å². The molecule has 3 aromatic rings. The number of ether oxygens (including phenoxy) is 3. The molecule has 0 spiro atoms. The Labute approximate surface area is 166 Å². The lowest BCUT2D eigenvalue weighted by atomic mass is 10.2. The molecule has 0 aliphatic carbocycles. The molecule has 0 aliphatic heterocycles. The van der Waals surface area contributed by atoms with Gasteiger partial charge in [0.1, 0.15) is 17.3 Å². The smallest absolute Gasteiger partial charge is 0.275 e. The van der Waals surface area contributed by atoms with Crippen molar-refractivity contribution in [3.8, 4) is 17.2 Å². The van der Waals surface area contributed by atoms with Crippen LogP contribution < -0.4 is 24.8 Å². The van der Waals surface area contributed by atoms with Crippen molar-refractivity contribution in [2.75, 3.05) is 32.0 Å². The Kier molecular flexibility index (Phi) is 6.08. The maximum atomic E-state index is 13.2. The number of benzene rings is 2. The quantitative estimate of drug-likeness (QED) is 0.627. The Morgan fingerprint density at radius 2 is 1.66 bits per heavy atom. The highest BCUT2D eigenvalue weighted by Gasteiger charge is 2.16. The molecule has 0 aliphatic rings. The molecule has 29 heavy (non-hydrogen) atoms. The highest BCUT2D eigenvalue weighted by Crippen LogP contribution is 2.40. The van der Waals surface area contributed by atoms with Crippen molar-refractivity contribution in [1.82, 2.24) is 9.97 Å². The maximum absolute atomic E-state index is 13.2. The lowest BCUT2D eigenvalue weighted by Crippen LogP contribution is -2.14. The van der Waals surface area contributed by atoms with Crippen LogP contribution in [0, 0.1) is 5.82 Å². The monoisotopic (exact) mass is 398 g/mol. The lowest BCUT2D eigenvalue weighted by molar-refractivity contribution is 0.102. The maximum Gasteiger partial charge on any atom is 0.275 e. The van der Waals surface area contributed by atoms with Crippen LogP contribution in [0.25, 0.3) is 0 Å². The molecule has 0 unspecified atom stereocenters. The fraction of sp³-hybridized carbons (Fsp3) is 0.150. The van der Waals surface area contributed by atoms with Crippen LogP contribution in [0.2, 0.25) is 0 Å². The number of carbonyl (C=O) groups excluding carboxylic acids is 1. The normalized spacial score (nSPS) is 10.2. The molecule has 9 heteroatoms. The number of nitrogens with zero attached hydrogens (tertiary/aromatic N) is 2. The van der Waals surface area contributed by atoms with E-state index >= 15 is 0 Å². The molecule has 1 aromatic heterocycles. The van der Waals surface area contributed by atoms with E-state index in [4.69, 9.17) is 14.2 Å². The van der Waals surface area contributed by atoms with E-state index in [0.717, 1.165) is 0 Å². The Balaban J connectivity index is 1.74. The number of methoxy groups -OCH3 is 3. The van der Waals surface area contributed by atoms with E-state index < -0.39 is 5.91 Å². The van der Waals surface area contributed by atoms with Crippen molar-refractivity contribution >= 4 is 23.1 Å². The summed E-state index contributed by atoms with van der Waals surface area (Å²) in [5.74, 6) is 0.764. The molecule has 0 saturated carbocycles. The lowest BCUT2D eigenvalue weighted by Gasteiger charge is -2.14. The third-order valence-electron chi connectivity index (χ3n) is 3.90. The van der Waals surface area contributed by atoms with Crippen LogP contribution in [-0.4, -0.2) is 37.2 Å². The van der Waals surface area contributed by atoms with Crippen LogP contribution in [-0.2, 0) is 0 Å². The first-order chi connectivity index (χ1) is 14.0. The predicted octanol–water partition coefficient (Wildman–Crippen LogP) is 3.64.